The molecule has 5 heteroatoms. The zero-order chi connectivity index (χ0) is 42.8. The van der Waals surface area contributed by atoms with Crippen molar-refractivity contribution in [3.8, 4) is 16.8 Å². The fourth-order valence-electron chi connectivity index (χ4n) is 9.83. The van der Waals surface area contributed by atoms with Crippen molar-refractivity contribution in [1.29, 1.82) is 0 Å². The molecule has 0 bridgehead atoms. The molecular formula is C60H39N3S2. The van der Waals surface area contributed by atoms with Crippen molar-refractivity contribution in [2.45, 2.75) is 0 Å². The van der Waals surface area contributed by atoms with Crippen LogP contribution in [0.15, 0.2) is 237 Å². The number of hydrogen-bond acceptors (Lipinski definition) is 4. The third-order valence-corrected chi connectivity index (χ3v) is 15.0. The molecule has 0 aliphatic heterocycles. The van der Waals surface area contributed by atoms with Crippen molar-refractivity contribution >= 4 is 119 Å². The van der Waals surface area contributed by atoms with E-state index in [1.807, 2.05) is 22.7 Å². The van der Waals surface area contributed by atoms with Crippen LogP contribution in [0.4, 0.5) is 34.1 Å². The first kappa shape index (κ1) is 37.6. The first-order valence-electron chi connectivity index (χ1n) is 22.0. The minimum atomic E-state index is 1.09. The Morgan fingerprint density at radius 2 is 0.800 bits per heavy atom. The van der Waals surface area contributed by atoms with Crippen LogP contribution < -0.4 is 9.80 Å². The van der Waals surface area contributed by atoms with E-state index in [0.29, 0.717) is 0 Å². The highest BCUT2D eigenvalue weighted by atomic mass is 32.1. The second kappa shape index (κ2) is 15.4. The minimum absolute atomic E-state index is 1.09. The molecule has 0 aliphatic carbocycles. The van der Waals surface area contributed by atoms with E-state index in [9.17, 15) is 0 Å². The smallest absolute Gasteiger partial charge is 0.0562 e. The molecule has 10 aromatic carbocycles. The molecular weight excluding hydrogens is 827 g/mol. The lowest BCUT2D eigenvalue weighted by Gasteiger charge is -2.27. The Labute approximate surface area is 384 Å². The minimum Gasteiger partial charge on any atom is -0.310 e. The second-order valence-corrected chi connectivity index (χ2v) is 18.7. The van der Waals surface area contributed by atoms with Gasteiger partial charge in [0, 0.05) is 90.9 Å². The predicted octanol–water partition coefficient (Wildman–Crippen LogP) is 18.1. The topological polar surface area (TPSA) is 11.4 Å². The third kappa shape index (κ3) is 6.31. The molecule has 0 aliphatic rings. The SMILES string of the molecule is c1ccc(N(c2ccc(-c3cccc(N(c4ccccc4)c4ccc5c6c7c(ccc6n(-c6ccccc6)c5c4)sc4ccccc47)c3)cc2)c2ccc3c(c2)sc2ccccc23)cc1. The van der Waals surface area contributed by atoms with Gasteiger partial charge in [-0.2, -0.15) is 0 Å². The lowest BCUT2D eigenvalue weighted by atomic mass is 10.0. The van der Waals surface area contributed by atoms with Crippen LogP contribution in [0.1, 0.15) is 0 Å². The van der Waals surface area contributed by atoms with E-state index in [0.717, 1.165) is 50.9 Å². The number of fused-ring (bicyclic) bond motifs is 10. The summed E-state index contributed by atoms with van der Waals surface area (Å²) in [6.07, 6.45) is 0. The summed E-state index contributed by atoms with van der Waals surface area (Å²) in [6.45, 7) is 0. The second-order valence-electron chi connectivity index (χ2n) is 16.5. The molecule has 0 N–H and O–H groups in total. The first-order valence-corrected chi connectivity index (χ1v) is 23.6. The van der Waals surface area contributed by atoms with Crippen molar-refractivity contribution in [2.24, 2.45) is 0 Å². The van der Waals surface area contributed by atoms with Crippen molar-refractivity contribution in [1.82, 2.24) is 4.57 Å². The third-order valence-electron chi connectivity index (χ3n) is 12.7. The van der Waals surface area contributed by atoms with Gasteiger partial charge in [0.2, 0.25) is 0 Å². The fourth-order valence-corrected chi connectivity index (χ4v) is 12.1. The molecule has 0 radical (unpaired) electrons. The van der Waals surface area contributed by atoms with Crippen LogP contribution in [0.5, 0.6) is 0 Å². The largest absolute Gasteiger partial charge is 0.310 e. The average Bonchev–Trinajstić information content (AvgIpc) is 4.04. The van der Waals surface area contributed by atoms with E-state index in [1.54, 1.807) is 0 Å². The zero-order valence-corrected chi connectivity index (χ0v) is 36.8. The van der Waals surface area contributed by atoms with Crippen LogP contribution >= 0.6 is 22.7 Å². The lowest BCUT2D eigenvalue weighted by Crippen LogP contribution is -2.10. The van der Waals surface area contributed by atoms with Crippen molar-refractivity contribution in [3.05, 3.63) is 237 Å². The number of rotatable bonds is 8. The monoisotopic (exact) mass is 865 g/mol. The Morgan fingerprint density at radius 3 is 1.54 bits per heavy atom. The van der Waals surface area contributed by atoms with Gasteiger partial charge in [-0.15, -0.1) is 22.7 Å². The molecule has 0 spiro atoms. The van der Waals surface area contributed by atoms with E-state index < -0.39 is 0 Å². The average molecular weight is 866 g/mol. The molecule has 3 heterocycles. The molecule has 0 fully saturated rings. The van der Waals surface area contributed by atoms with Gasteiger partial charge in [0.15, 0.2) is 0 Å². The summed E-state index contributed by atoms with van der Waals surface area (Å²) in [5, 5.41) is 7.80. The summed E-state index contributed by atoms with van der Waals surface area (Å²) in [5.41, 5.74) is 12.5. The van der Waals surface area contributed by atoms with Gasteiger partial charge in [0.1, 0.15) is 0 Å². The molecule has 13 rings (SSSR count). The van der Waals surface area contributed by atoms with Crippen LogP contribution in [-0.4, -0.2) is 4.57 Å². The van der Waals surface area contributed by atoms with E-state index in [-0.39, 0.29) is 0 Å². The Kier molecular flexibility index (Phi) is 8.90. The maximum Gasteiger partial charge on any atom is 0.0562 e. The summed E-state index contributed by atoms with van der Waals surface area (Å²) in [6, 6.07) is 86.2. The molecule has 0 saturated heterocycles. The van der Waals surface area contributed by atoms with E-state index in [2.05, 4.69) is 251 Å². The highest BCUT2D eigenvalue weighted by Crippen LogP contribution is 2.46. The first-order chi connectivity index (χ1) is 32.2. The zero-order valence-electron chi connectivity index (χ0n) is 35.2. The summed E-state index contributed by atoms with van der Waals surface area (Å²) in [5.74, 6) is 0. The Hall–Kier alpha value is -7.96. The van der Waals surface area contributed by atoms with Gasteiger partial charge >= 0.3 is 0 Å². The van der Waals surface area contributed by atoms with Gasteiger partial charge in [-0.25, -0.2) is 0 Å². The number of nitrogens with zero attached hydrogens (tertiary/aromatic N) is 3. The highest BCUT2D eigenvalue weighted by Gasteiger charge is 2.21. The Bertz CT molecular complexity index is 3890. The lowest BCUT2D eigenvalue weighted by molar-refractivity contribution is 1.18. The number of thiophene rings is 2. The van der Waals surface area contributed by atoms with Gasteiger partial charge in [0.25, 0.3) is 0 Å². The highest BCUT2D eigenvalue weighted by molar-refractivity contribution is 7.26. The number of hydrogen-bond donors (Lipinski definition) is 0. The van der Waals surface area contributed by atoms with E-state index >= 15 is 0 Å². The van der Waals surface area contributed by atoms with Gasteiger partial charge < -0.3 is 14.4 Å². The van der Waals surface area contributed by atoms with E-state index in [4.69, 9.17) is 0 Å². The van der Waals surface area contributed by atoms with Crippen LogP contribution in [-0.2, 0) is 0 Å². The molecule has 65 heavy (non-hydrogen) atoms. The summed E-state index contributed by atoms with van der Waals surface area (Å²) in [7, 11) is 0. The van der Waals surface area contributed by atoms with Crippen molar-refractivity contribution in [2.75, 3.05) is 9.80 Å². The summed E-state index contributed by atoms with van der Waals surface area (Å²) < 4.78 is 7.67. The number of benzene rings is 10. The van der Waals surface area contributed by atoms with Crippen molar-refractivity contribution < 1.29 is 0 Å². The van der Waals surface area contributed by atoms with Crippen LogP contribution in [0.3, 0.4) is 0 Å². The summed E-state index contributed by atoms with van der Waals surface area (Å²) in [4.78, 5) is 4.75. The Morgan fingerprint density at radius 1 is 0.277 bits per heavy atom. The van der Waals surface area contributed by atoms with Gasteiger partial charge in [-0.1, -0.05) is 127 Å². The fraction of sp³-hybridized carbons (Fsp3) is 0. The number of aromatic nitrogens is 1. The van der Waals surface area contributed by atoms with Crippen molar-refractivity contribution in [3.63, 3.8) is 0 Å². The standard InChI is InChI=1S/C60H39N3S2/c1-4-16-42(17-5-1)61(48-31-33-50-49-23-10-12-25-55(49)65-58(50)39-48)45-29-27-40(28-30-45)41-15-14-22-46(37-41)62(43-18-6-2-7-19-43)47-32-34-51-54(38-47)63(44-20-8-3-9-21-44)53-35-36-57-60(59(51)53)52-24-11-13-26-56(52)64-57/h1-39H. The molecule has 306 valence electrons. The molecule has 3 aromatic heterocycles. The number of anilines is 6. The molecule has 13 aromatic rings. The number of para-hydroxylation sites is 3. The molecule has 3 nitrogen and oxygen atoms in total. The molecule has 0 atom stereocenters. The maximum absolute atomic E-state index is 2.44. The summed E-state index contributed by atoms with van der Waals surface area (Å²) >= 11 is 3.73. The molecule has 0 amide bonds. The molecule has 0 saturated carbocycles. The van der Waals surface area contributed by atoms with Gasteiger partial charge in [-0.3, -0.25) is 0 Å². The molecule has 0 unspecified atom stereocenters. The van der Waals surface area contributed by atoms with Crippen LogP contribution in [0.25, 0.3) is 79.0 Å². The van der Waals surface area contributed by atoms with Gasteiger partial charge in [0.05, 0.1) is 11.0 Å². The van der Waals surface area contributed by atoms with Crippen LogP contribution in [0, 0.1) is 0 Å². The van der Waals surface area contributed by atoms with Gasteiger partial charge in [-0.05, 0) is 120 Å². The normalized spacial score (nSPS) is 11.7. The van der Waals surface area contributed by atoms with Crippen LogP contribution in [0.2, 0.25) is 0 Å². The maximum atomic E-state index is 2.44. The quantitative estimate of drug-likeness (QED) is 0.151. The Balaban J connectivity index is 0.925. The van der Waals surface area contributed by atoms with E-state index in [1.165, 1.54) is 62.2 Å². The predicted molar refractivity (Wildman–Crippen MR) is 281 cm³/mol.